The van der Waals surface area contributed by atoms with Crippen LogP contribution in [0.5, 0.6) is 5.75 Å². The molecular formula is C49H62N6O4S. The molecule has 2 heterocycles. The molecule has 60 heavy (non-hydrogen) atoms. The minimum absolute atomic E-state index is 0.118. The lowest BCUT2D eigenvalue weighted by atomic mass is 9.92. The van der Waals surface area contributed by atoms with Gasteiger partial charge in [0.2, 0.25) is 5.91 Å². The average Bonchev–Trinajstić information content (AvgIpc) is 3.81. The van der Waals surface area contributed by atoms with E-state index in [2.05, 4.69) is 56.9 Å². The van der Waals surface area contributed by atoms with Crippen LogP contribution in [0.1, 0.15) is 111 Å². The number of nitrogens with zero attached hydrogens (tertiary/aromatic N) is 6. The van der Waals surface area contributed by atoms with E-state index in [1.807, 2.05) is 48.5 Å². The zero-order chi connectivity index (χ0) is 43.4. The number of carbonyl (C=O) groups is 2. The van der Waals surface area contributed by atoms with Crippen LogP contribution in [-0.2, 0) is 14.3 Å². The average molecular weight is 831 g/mol. The van der Waals surface area contributed by atoms with Gasteiger partial charge in [-0.1, -0.05) is 110 Å². The number of hydrogen-bond donors (Lipinski definition) is 0. The fraction of sp³-hybridized carbons (Fsp3) is 0.510. The summed E-state index contributed by atoms with van der Waals surface area (Å²) in [5, 5.41) is 31.0. The minimum atomic E-state index is -1.04. The van der Waals surface area contributed by atoms with Gasteiger partial charge in [-0.25, -0.2) is 4.98 Å². The van der Waals surface area contributed by atoms with E-state index in [1.54, 1.807) is 19.9 Å². The Balaban J connectivity index is 1.76. The van der Waals surface area contributed by atoms with Gasteiger partial charge in [0, 0.05) is 37.0 Å². The molecule has 0 radical (unpaired) electrons. The van der Waals surface area contributed by atoms with E-state index in [1.165, 1.54) is 16.2 Å². The summed E-state index contributed by atoms with van der Waals surface area (Å²) in [5.41, 5.74) is 3.53. The SMILES string of the molecule is CCCCC(CC)COc1cc(N(CCCC)CCCC)ccc1-c1nc(-c2ccccc2)c(/C=C/C2C(=O)N(CCCCOC(=O)C(C)C)C(=C(C#N)C#N)C2C#N)s1. The molecule has 0 spiro atoms. The number of thiazole rings is 1. The van der Waals surface area contributed by atoms with E-state index in [9.17, 15) is 25.4 Å². The first-order valence-electron chi connectivity index (χ1n) is 21.8. The van der Waals surface area contributed by atoms with Crippen LogP contribution in [0.25, 0.3) is 27.9 Å². The first-order valence-corrected chi connectivity index (χ1v) is 22.7. The van der Waals surface area contributed by atoms with Crippen molar-refractivity contribution in [3.63, 3.8) is 0 Å². The van der Waals surface area contributed by atoms with Crippen molar-refractivity contribution in [3.8, 4) is 45.8 Å². The van der Waals surface area contributed by atoms with E-state index in [4.69, 9.17) is 14.5 Å². The fourth-order valence-corrected chi connectivity index (χ4v) is 8.25. The maximum absolute atomic E-state index is 14.1. The predicted molar refractivity (Wildman–Crippen MR) is 240 cm³/mol. The Labute approximate surface area is 362 Å². The summed E-state index contributed by atoms with van der Waals surface area (Å²) >= 11 is 1.49. The first kappa shape index (κ1) is 47.2. The molecule has 0 bridgehead atoms. The number of unbranched alkanes of at least 4 members (excludes halogenated alkanes) is 4. The number of amides is 1. The van der Waals surface area contributed by atoms with Gasteiger partial charge >= 0.3 is 5.97 Å². The van der Waals surface area contributed by atoms with Crippen LogP contribution >= 0.6 is 11.3 Å². The van der Waals surface area contributed by atoms with Crippen LogP contribution in [-0.4, -0.2) is 54.6 Å². The summed E-state index contributed by atoms with van der Waals surface area (Å²) in [6, 6.07) is 22.4. The molecular weight excluding hydrogens is 769 g/mol. The third kappa shape index (κ3) is 12.5. The molecule has 4 rings (SSSR count). The Morgan fingerprint density at radius 1 is 0.950 bits per heavy atom. The number of anilines is 1. The summed E-state index contributed by atoms with van der Waals surface area (Å²) in [6.45, 7) is 15.3. The topological polar surface area (TPSA) is 143 Å². The van der Waals surface area contributed by atoms with Gasteiger partial charge in [0.1, 0.15) is 28.8 Å². The lowest BCUT2D eigenvalue weighted by Crippen LogP contribution is -2.28. The summed E-state index contributed by atoms with van der Waals surface area (Å²) in [5.74, 6) is -1.65. The van der Waals surface area contributed by atoms with Crippen molar-refractivity contribution in [1.29, 1.82) is 15.8 Å². The highest BCUT2D eigenvalue weighted by molar-refractivity contribution is 7.16. The zero-order valence-electron chi connectivity index (χ0n) is 36.4. The summed E-state index contributed by atoms with van der Waals surface area (Å²) in [4.78, 5) is 35.9. The lowest BCUT2D eigenvalue weighted by molar-refractivity contribution is -0.147. The van der Waals surface area contributed by atoms with E-state index < -0.39 is 11.8 Å². The van der Waals surface area contributed by atoms with Crippen molar-refractivity contribution in [3.05, 3.63) is 70.8 Å². The summed E-state index contributed by atoms with van der Waals surface area (Å²) < 4.78 is 12.1. The van der Waals surface area contributed by atoms with Crippen LogP contribution in [0.4, 0.5) is 5.69 Å². The molecule has 3 atom stereocenters. The molecule has 1 aliphatic rings. The molecule has 11 heteroatoms. The second kappa shape index (κ2) is 24.6. The second-order valence-electron chi connectivity index (χ2n) is 15.7. The van der Waals surface area contributed by atoms with E-state index in [-0.39, 0.29) is 42.2 Å². The number of rotatable bonds is 24. The third-order valence-electron chi connectivity index (χ3n) is 10.9. The van der Waals surface area contributed by atoms with Crippen molar-refractivity contribution >= 4 is 35.0 Å². The largest absolute Gasteiger partial charge is 0.492 e. The van der Waals surface area contributed by atoms with Crippen LogP contribution in [0.2, 0.25) is 0 Å². The Kier molecular flexibility index (Phi) is 19.4. The van der Waals surface area contributed by atoms with Gasteiger partial charge < -0.3 is 19.3 Å². The number of nitriles is 3. The fourth-order valence-electron chi connectivity index (χ4n) is 7.22. The highest BCUT2D eigenvalue weighted by Gasteiger charge is 2.45. The number of benzene rings is 2. The van der Waals surface area contributed by atoms with Crippen molar-refractivity contribution in [1.82, 2.24) is 9.88 Å². The van der Waals surface area contributed by atoms with E-state index in [0.717, 1.165) is 103 Å². The highest BCUT2D eigenvalue weighted by atomic mass is 32.1. The number of esters is 1. The molecule has 1 aliphatic heterocycles. The van der Waals surface area contributed by atoms with Crippen LogP contribution < -0.4 is 9.64 Å². The molecule has 1 aromatic heterocycles. The normalized spacial score (nSPS) is 15.5. The van der Waals surface area contributed by atoms with Crippen molar-refractivity contribution < 1.29 is 19.1 Å². The smallest absolute Gasteiger partial charge is 0.308 e. The van der Waals surface area contributed by atoms with E-state index >= 15 is 0 Å². The number of hydrogen-bond acceptors (Lipinski definition) is 10. The molecule has 2 aromatic carbocycles. The van der Waals surface area contributed by atoms with Crippen LogP contribution in [0.3, 0.4) is 0 Å². The quantitative estimate of drug-likeness (QED) is 0.0489. The van der Waals surface area contributed by atoms with Crippen molar-refractivity contribution in [2.24, 2.45) is 23.7 Å². The molecule has 10 nitrogen and oxygen atoms in total. The number of ether oxygens (including phenoxy) is 2. The second-order valence-corrected chi connectivity index (χ2v) is 16.7. The highest BCUT2D eigenvalue weighted by Crippen LogP contribution is 2.42. The Morgan fingerprint density at radius 3 is 2.27 bits per heavy atom. The Hall–Kier alpha value is -5.44. The van der Waals surface area contributed by atoms with Gasteiger partial charge in [0.25, 0.3) is 0 Å². The number of carbonyl (C=O) groups excluding carboxylic acids is 2. The van der Waals surface area contributed by atoms with Gasteiger partial charge in [-0.15, -0.1) is 11.3 Å². The molecule has 0 aliphatic carbocycles. The Morgan fingerprint density at radius 2 is 1.65 bits per heavy atom. The molecule has 0 N–H and O–H groups in total. The van der Waals surface area contributed by atoms with Gasteiger partial charge in [-0.2, -0.15) is 15.8 Å². The summed E-state index contributed by atoms with van der Waals surface area (Å²) in [6.07, 6.45) is 13.4. The van der Waals surface area contributed by atoms with Crippen LogP contribution in [0, 0.1) is 57.7 Å². The van der Waals surface area contributed by atoms with Crippen molar-refractivity contribution in [2.75, 3.05) is 37.7 Å². The van der Waals surface area contributed by atoms with Gasteiger partial charge in [0.05, 0.1) is 53.0 Å². The maximum Gasteiger partial charge on any atom is 0.308 e. The zero-order valence-corrected chi connectivity index (χ0v) is 37.2. The first-order chi connectivity index (χ1) is 29.1. The van der Waals surface area contributed by atoms with Crippen molar-refractivity contribution in [2.45, 2.75) is 106 Å². The molecule has 1 amide bonds. The molecule has 3 aromatic rings. The molecule has 318 valence electrons. The van der Waals surface area contributed by atoms with Gasteiger partial charge in [0.15, 0.2) is 5.57 Å². The molecule has 1 fully saturated rings. The number of aromatic nitrogens is 1. The molecule has 0 saturated carbocycles. The Bertz CT molecular complexity index is 2030. The number of allylic oxidation sites excluding steroid dienone is 2. The lowest BCUT2D eigenvalue weighted by Gasteiger charge is -2.26. The maximum atomic E-state index is 14.1. The minimum Gasteiger partial charge on any atom is -0.492 e. The van der Waals surface area contributed by atoms with Gasteiger partial charge in [-0.05, 0) is 56.2 Å². The summed E-state index contributed by atoms with van der Waals surface area (Å²) in [7, 11) is 0. The monoisotopic (exact) mass is 830 g/mol. The van der Waals surface area contributed by atoms with Gasteiger partial charge in [-0.3, -0.25) is 9.59 Å². The van der Waals surface area contributed by atoms with E-state index in [0.29, 0.717) is 25.4 Å². The molecule has 1 saturated heterocycles. The predicted octanol–water partition coefficient (Wildman–Crippen LogP) is 11.4. The third-order valence-corrected chi connectivity index (χ3v) is 12.0. The standard InChI is InChI=1S/C49H62N6O4S/c1-7-11-19-36(10-4)34-59-43-30-39(54(26-12-8-2)27-13-9-3)22-23-41(43)47-53-45(37-20-15-14-16-21-37)44(60-47)25-24-40-42(33-52)46(38(31-50)32-51)55(48(40)56)28-17-18-29-58-49(57)35(5)6/h14-16,20-25,30,35-36,40,42H,7-13,17-19,26-29,34H2,1-6H3/b25-24+. The van der Waals surface area contributed by atoms with Crippen LogP contribution in [0.15, 0.2) is 65.9 Å². The number of likely N-dealkylation sites (tertiary alicyclic amines) is 1. The molecule has 3 unspecified atom stereocenters.